The zero-order chi connectivity index (χ0) is 17.0. The normalized spacial score (nSPS) is 21.0. The highest BCUT2D eigenvalue weighted by molar-refractivity contribution is 5.33. The van der Waals surface area contributed by atoms with Gasteiger partial charge in [0.15, 0.2) is 0 Å². The van der Waals surface area contributed by atoms with Gasteiger partial charge in [-0.05, 0) is 87.8 Å². The summed E-state index contributed by atoms with van der Waals surface area (Å²) in [7, 11) is 0. The highest BCUT2D eigenvalue weighted by Gasteiger charge is 2.22. The number of hydrogen-bond acceptors (Lipinski definition) is 2. The second-order valence-corrected chi connectivity index (χ2v) is 6.92. The van der Waals surface area contributed by atoms with Crippen molar-refractivity contribution in [3.8, 4) is 6.07 Å². The Hall–Kier alpha value is -1.59. The zero-order valence-electron chi connectivity index (χ0n) is 15.0. The molecule has 0 heterocycles. The number of ether oxygens (including phenoxy) is 1. The molecule has 0 radical (unpaired) electrons. The third-order valence-corrected chi connectivity index (χ3v) is 5.17. The van der Waals surface area contributed by atoms with Gasteiger partial charge in [0.1, 0.15) is 0 Å². The Kier molecular flexibility index (Phi) is 8.63. The number of benzene rings is 1. The van der Waals surface area contributed by atoms with Gasteiger partial charge < -0.3 is 4.74 Å². The molecule has 1 aliphatic rings. The van der Waals surface area contributed by atoms with Crippen LogP contribution in [0.15, 0.2) is 36.4 Å². The van der Waals surface area contributed by atoms with Crippen LogP contribution in [-0.4, -0.2) is 13.2 Å². The van der Waals surface area contributed by atoms with Crippen LogP contribution in [0.5, 0.6) is 0 Å². The molecule has 1 aromatic carbocycles. The summed E-state index contributed by atoms with van der Waals surface area (Å²) in [4.78, 5) is 0. The maximum Gasteiger partial charge on any atom is 0.0991 e. The van der Waals surface area contributed by atoms with Gasteiger partial charge in [-0.3, -0.25) is 0 Å². The van der Waals surface area contributed by atoms with Gasteiger partial charge in [0, 0.05) is 13.2 Å². The van der Waals surface area contributed by atoms with E-state index in [2.05, 4.69) is 37.3 Å². The number of nitriles is 1. The van der Waals surface area contributed by atoms with Gasteiger partial charge in [-0.1, -0.05) is 24.3 Å². The number of allylic oxidation sites excluding steroid dienone is 2. The first-order valence-corrected chi connectivity index (χ1v) is 9.52. The van der Waals surface area contributed by atoms with Crippen molar-refractivity contribution in [1.29, 1.82) is 5.26 Å². The molecule has 130 valence electrons. The molecule has 24 heavy (non-hydrogen) atoms. The van der Waals surface area contributed by atoms with E-state index in [-0.39, 0.29) is 0 Å². The highest BCUT2D eigenvalue weighted by Crippen LogP contribution is 2.37. The van der Waals surface area contributed by atoms with E-state index in [4.69, 9.17) is 10.00 Å². The van der Waals surface area contributed by atoms with E-state index >= 15 is 0 Å². The minimum atomic E-state index is 0.682. The lowest BCUT2D eigenvalue weighted by Crippen LogP contribution is -2.15. The smallest absolute Gasteiger partial charge is 0.0991 e. The van der Waals surface area contributed by atoms with Crippen LogP contribution in [0.4, 0.5) is 0 Å². The topological polar surface area (TPSA) is 33.0 Å². The van der Waals surface area contributed by atoms with Crippen molar-refractivity contribution in [1.82, 2.24) is 0 Å². The zero-order valence-corrected chi connectivity index (χ0v) is 15.0. The van der Waals surface area contributed by atoms with Crippen molar-refractivity contribution in [3.05, 3.63) is 47.5 Å². The first kappa shape index (κ1) is 18.7. The molecule has 0 aromatic heterocycles. The lowest BCUT2D eigenvalue weighted by Gasteiger charge is -2.28. The van der Waals surface area contributed by atoms with Gasteiger partial charge in [-0.2, -0.15) is 5.26 Å². The Morgan fingerprint density at radius 1 is 1.08 bits per heavy atom. The second kappa shape index (κ2) is 11.0. The van der Waals surface area contributed by atoms with Crippen LogP contribution in [0.1, 0.15) is 75.3 Å². The molecule has 0 unspecified atom stereocenters. The quantitative estimate of drug-likeness (QED) is 0.413. The Balaban J connectivity index is 1.56. The van der Waals surface area contributed by atoms with Gasteiger partial charge in [-0.25, -0.2) is 0 Å². The van der Waals surface area contributed by atoms with Crippen LogP contribution in [0.25, 0.3) is 0 Å². The molecule has 1 aliphatic carbocycles. The average Bonchev–Trinajstić information content (AvgIpc) is 2.64. The van der Waals surface area contributed by atoms with E-state index in [0.29, 0.717) is 5.92 Å². The Labute approximate surface area is 147 Å². The Bertz CT molecular complexity index is 518. The van der Waals surface area contributed by atoms with E-state index in [1.807, 2.05) is 12.1 Å². The van der Waals surface area contributed by atoms with Crippen molar-refractivity contribution in [3.63, 3.8) is 0 Å². The van der Waals surface area contributed by atoms with Crippen molar-refractivity contribution < 1.29 is 4.74 Å². The lowest BCUT2D eigenvalue weighted by atomic mass is 9.77. The van der Waals surface area contributed by atoms with Crippen LogP contribution < -0.4 is 0 Å². The Morgan fingerprint density at radius 2 is 1.83 bits per heavy atom. The molecule has 0 bridgehead atoms. The Morgan fingerprint density at radius 3 is 2.50 bits per heavy atom. The van der Waals surface area contributed by atoms with Gasteiger partial charge in [0.05, 0.1) is 11.6 Å². The van der Waals surface area contributed by atoms with E-state index in [9.17, 15) is 0 Å². The van der Waals surface area contributed by atoms with Crippen LogP contribution >= 0.6 is 0 Å². The molecule has 2 rings (SSSR count). The van der Waals surface area contributed by atoms with Gasteiger partial charge in [-0.15, -0.1) is 0 Å². The largest absolute Gasteiger partial charge is 0.381 e. The minimum Gasteiger partial charge on any atom is -0.381 e. The van der Waals surface area contributed by atoms with Gasteiger partial charge >= 0.3 is 0 Å². The molecule has 0 aliphatic heterocycles. The number of rotatable bonds is 9. The molecule has 0 saturated heterocycles. The molecule has 0 N–H and O–H groups in total. The van der Waals surface area contributed by atoms with Crippen LogP contribution in [0, 0.1) is 17.2 Å². The monoisotopic (exact) mass is 325 g/mol. The maximum absolute atomic E-state index is 8.88. The summed E-state index contributed by atoms with van der Waals surface area (Å²) in [6.45, 7) is 3.92. The molecule has 2 heteroatoms. The number of nitrogens with zero attached hydrogens (tertiary/aromatic N) is 1. The minimum absolute atomic E-state index is 0.682. The summed E-state index contributed by atoms with van der Waals surface area (Å²) in [6.07, 6.45) is 14.3. The summed E-state index contributed by atoms with van der Waals surface area (Å²) < 4.78 is 5.80. The van der Waals surface area contributed by atoms with Crippen molar-refractivity contribution in [2.45, 2.75) is 64.2 Å². The average molecular weight is 325 g/mol. The fourth-order valence-corrected chi connectivity index (χ4v) is 3.60. The summed E-state index contributed by atoms with van der Waals surface area (Å²) >= 11 is 0. The van der Waals surface area contributed by atoms with Crippen molar-refractivity contribution in [2.24, 2.45) is 5.92 Å². The van der Waals surface area contributed by atoms with E-state index in [0.717, 1.165) is 24.7 Å². The first-order chi connectivity index (χ1) is 11.8. The van der Waals surface area contributed by atoms with E-state index in [1.165, 1.54) is 56.9 Å². The van der Waals surface area contributed by atoms with Crippen molar-refractivity contribution >= 4 is 0 Å². The summed E-state index contributed by atoms with van der Waals surface area (Å²) in [5.74, 6) is 1.52. The third-order valence-electron chi connectivity index (χ3n) is 5.17. The first-order valence-electron chi connectivity index (χ1n) is 9.52. The fourth-order valence-electron chi connectivity index (χ4n) is 3.60. The van der Waals surface area contributed by atoms with Gasteiger partial charge in [0.25, 0.3) is 0 Å². The molecule has 0 amide bonds. The standard InChI is InChI=1S/C22H31NO/c1-2-3-4-5-6-16-24-17-15-19-7-11-21(12-8-19)22-13-9-20(18-23)10-14-22/h2-3,9-10,13-14,19,21H,4-8,11-12,15-17H2,1H3. The SMILES string of the molecule is CC=CCCCCOCCC1CCC(c2ccc(C#N)cc2)CC1. The molecule has 2 nitrogen and oxygen atoms in total. The fraction of sp³-hybridized carbons (Fsp3) is 0.591. The molecule has 1 aromatic rings. The second-order valence-electron chi connectivity index (χ2n) is 6.92. The predicted molar refractivity (Wildman–Crippen MR) is 100.0 cm³/mol. The predicted octanol–water partition coefficient (Wildman–Crippen LogP) is 5.99. The summed E-state index contributed by atoms with van der Waals surface area (Å²) in [5, 5.41) is 8.88. The van der Waals surface area contributed by atoms with Crippen LogP contribution in [0.2, 0.25) is 0 Å². The molecular formula is C22H31NO. The third kappa shape index (κ3) is 6.49. The molecular weight excluding hydrogens is 294 g/mol. The van der Waals surface area contributed by atoms with Crippen LogP contribution in [-0.2, 0) is 4.74 Å². The summed E-state index contributed by atoms with van der Waals surface area (Å²) in [5.41, 5.74) is 2.17. The molecule has 1 saturated carbocycles. The molecule has 1 fully saturated rings. The van der Waals surface area contributed by atoms with Gasteiger partial charge in [0.2, 0.25) is 0 Å². The van der Waals surface area contributed by atoms with Crippen molar-refractivity contribution in [2.75, 3.05) is 13.2 Å². The number of unbranched alkanes of at least 4 members (excludes halogenated alkanes) is 2. The van der Waals surface area contributed by atoms with Crippen LogP contribution in [0.3, 0.4) is 0 Å². The molecule has 0 atom stereocenters. The van der Waals surface area contributed by atoms with E-state index in [1.54, 1.807) is 0 Å². The maximum atomic E-state index is 8.88. The molecule has 0 spiro atoms. The number of hydrogen-bond donors (Lipinski definition) is 0. The highest BCUT2D eigenvalue weighted by atomic mass is 16.5. The van der Waals surface area contributed by atoms with E-state index < -0.39 is 0 Å². The summed E-state index contributed by atoms with van der Waals surface area (Å²) in [6, 6.07) is 10.4. The lowest BCUT2D eigenvalue weighted by molar-refractivity contribution is 0.109.